The van der Waals surface area contributed by atoms with Crippen molar-refractivity contribution in [3.8, 4) is 0 Å². The van der Waals surface area contributed by atoms with Gasteiger partial charge in [-0.15, -0.1) is 0 Å². The van der Waals surface area contributed by atoms with Crippen LogP contribution < -0.4 is 0 Å². The zero-order chi connectivity index (χ0) is 49.3. The van der Waals surface area contributed by atoms with Crippen molar-refractivity contribution in [1.82, 2.24) is 0 Å². The van der Waals surface area contributed by atoms with Crippen molar-refractivity contribution < 1.29 is 28.6 Å². The van der Waals surface area contributed by atoms with E-state index in [9.17, 15) is 14.4 Å². The number of ether oxygens (including phenoxy) is 3. The summed E-state index contributed by atoms with van der Waals surface area (Å²) in [5, 5.41) is 0. The highest BCUT2D eigenvalue weighted by atomic mass is 16.6. The summed E-state index contributed by atoms with van der Waals surface area (Å²) in [5.41, 5.74) is 0. The Bertz CT molecular complexity index is 1140. The predicted octanol–water partition coefficient (Wildman–Crippen LogP) is 20.0. The van der Waals surface area contributed by atoms with E-state index in [4.69, 9.17) is 14.2 Å². The quantitative estimate of drug-likeness (QED) is 0.0262. The maximum Gasteiger partial charge on any atom is 0.306 e. The molecule has 0 aliphatic rings. The summed E-state index contributed by atoms with van der Waals surface area (Å²) >= 11 is 0. The van der Waals surface area contributed by atoms with Crippen LogP contribution in [0.3, 0.4) is 0 Å². The minimum absolute atomic E-state index is 0.0694. The SMILES string of the molecule is CCCCCCC/C=C\C/C=C\C/C=C\CCCCCCCCCCC(=O)OCC(COC(=O)CCCCCCCCCCCCCC)OC(=O)CCCCCCCCCCCCCCCCC. The van der Waals surface area contributed by atoms with Crippen LogP contribution in [0.4, 0.5) is 0 Å². The molecule has 0 saturated heterocycles. The van der Waals surface area contributed by atoms with Gasteiger partial charge in [-0.3, -0.25) is 14.4 Å². The molecule has 0 heterocycles. The zero-order valence-electron chi connectivity index (χ0n) is 45.6. The lowest BCUT2D eigenvalue weighted by Gasteiger charge is -2.18. The molecule has 1 unspecified atom stereocenters. The molecule has 1 atom stereocenters. The number of allylic oxidation sites excluding steroid dienone is 6. The van der Waals surface area contributed by atoms with Gasteiger partial charge in [-0.25, -0.2) is 0 Å². The van der Waals surface area contributed by atoms with E-state index in [1.165, 1.54) is 205 Å². The third kappa shape index (κ3) is 54.6. The second-order valence-corrected chi connectivity index (χ2v) is 20.3. The van der Waals surface area contributed by atoms with Crippen molar-refractivity contribution in [2.45, 2.75) is 329 Å². The lowest BCUT2D eigenvalue weighted by molar-refractivity contribution is -0.167. The maximum atomic E-state index is 12.8. The Kier molecular flexibility index (Phi) is 55.2. The van der Waals surface area contributed by atoms with Crippen LogP contribution in [-0.2, 0) is 28.6 Å². The fourth-order valence-corrected chi connectivity index (χ4v) is 8.86. The Morgan fingerprint density at radius 3 is 0.824 bits per heavy atom. The molecule has 0 N–H and O–H groups in total. The van der Waals surface area contributed by atoms with Gasteiger partial charge < -0.3 is 14.2 Å². The number of esters is 3. The molecule has 0 amide bonds. The molecule has 0 aromatic carbocycles. The minimum atomic E-state index is -0.770. The van der Waals surface area contributed by atoms with Gasteiger partial charge in [-0.2, -0.15) is 0 Å². The monoisotopic (exact) mass is 955 g/mol. The molecule has 68 heavy (non-hydrogen) atoms. The van der Waals surface area contributed by atoms with Gasteiger partial charge in [0.25, 0.3) is 0 Å². The van der Waals surface area contributed by atoms with E-state index >= 15 is 0 Å². The topological polar surface area (TPSA) is 78.9 Å². The van der Waals surface area contributed by atoms with Crippen LogP contribution in [0.25, 0.3) is 0 Å². The van der Waals surface area contributed by atoms with E-state index in [0.717, 1.165) is 77.0 Å². The second-order valence-electron chi connectivity index (χ2n) is 20.3. The second kappa shape index (κ2) is 57.2. The number of rotatable bonds is 55. The van der Waals surface area contributed by atoms with Crippen molar-refractivity contribution in [2.24, 2.45) is 0 Å². The summed E-state index contributed by atoms with van der Waals surface area (Å²) in [6.07, 6.45) is 68.5. The van der Waals surface area contributed by atoms with Gasteiger partial charge in [0, 0.05) is 19.3 Å². The highest BCUT2D eigenvalue weighted by molar-refractivity contribution is 5.71. The molecule has 398 valence electrons. The van der Waals surface area contributed by atoms with Crippen molar-refractivity contribution in [2.75, 3.05) is 13.2 Å². The first-order valence-corrected chi connectivity index (χ1v) is 30.0. The lowest BCUT2D eigenvalue weighted by atomic mass is 10.0. The Morgan fingerprint density at radius 1 is 0.294 bits per heavy atom. The van der Waals surface area contributed by atoms with E-state index in [-0.39, 0.29) is 31.1 Å². The van der Waals surface area contributed by atoms with Crippen LogP contribution in [0.5, 0.6) is 0 Å². The van der Waals surface area contributed by atoms with Crippen molar-refractivity contribution in [3.05, 3.63) is 36.5 Å². The van der Waals surface area contributed by atoms with Crippen molar-refractivity contribution >= 4 is 17.9 Å². The summed E-state index contributed by atoms with van der Waals surface area (Å²) in [4.78, 5) is 38.1. The number of carbonyl (C=O) groups is 3. The number of hydrogen-bond acceptors (Lipinski definition) is 6. The zero-order valence-corrected chi connectivity index (χ0v) is 45.6. The highest BCUT2D eigenvalue weighted by Gasteiger charge is 2.19. The average molecular weight is 956 g/mol. The Morgan fingerprint density at radius 2 is 0.529 bits per heavy atom. The molecule has 0 spiro atoms. The minimum Gasteiger partial charge on any atom is -0.462 e. The van der Waals surface area contributed by atoms with Crippen LogP contribution >= 0.6 is 0 Å². The van der Waals surface area contributed by atoms with E-state index in [1.54, 1.807) is 0 Å². The molecule has 0 aromatic rings. The Labute approximate surface area is 423 Å². The predicted molar refractivity (Wildman–Crippen MR) is 293 cm³/mol. The summed E-state index contributed by atoms with van der Waals surface area (Å²) in [6, 6.07) is 0. The molecule has 0 rings (SSSR count). The third-order valence-electron chi connectivity index (χ3n) is 13.4. The summed E-state index contributed by atoms with van der Waals surface area (Å²) in [5.74, 6) is -0.857. The fourth-order valence-electron chi connectivity index (χ4n) is 8.86. The standard InChI is InChI=1S/C62H114O6/c1-4-7-10-13-16-19-22-25-27-28-29-30-31-32-33-34-36-37-40-43-46-49-52-55-61(64)67-58-59(57-66-60(63)54-51-48-45-42-39-24-21-18-15-12-9-6-3)68-62(65)56-53-50-47-44-41-38-35-26-23-20-17-14-11-8-5-2/h22,25,28-29,31-32,59H,4-21,23-24,26-27,30,33-58H2,1-3H3/b25-22-,29-28-,32-31-. The Hall–Kier alpha value is -2.37. The lowest BCUT2D eigenvalue weighted by Crippen LogP contribution is -2.30. The number of unbranched alkanes of at least 4 members (excludes halogenated alkanes) is 38. The summed E-state index contributed by atoms with van der Waals surface area (Å²) in [7, 11) is 0. The molecular weight excluding hydrogens is 841 g/mol. The largest absolute Gasteiger partial charge is 0.462 e. The van der Waals surface area contributed by atoms with E-state index in [0.29, 0.717) is 19.3 Å². The number of hydrogen-bond donors (Lipinski definition) is 0. The average Bonchev–Trinajstić information content (AvgIpc) is 3.34. The van der Waals surface area contributed by atoms with Crippen molar-refractivity contribution in [1.29, 1.82) is 0 Å². The van der Waals surface area contributed by atoms with E-state index in [2.05, 4.69) is 57.2 Å². The number of carbonyl (C=O) groups excluding carboxylic acids is 3. The first-order chi connectivity index (χ1) is 33.5. The first-order valence-electron chi connectivity index (χ1n) is 30.0. The van der Waals surface area contributed by atoms with Gasteiger partial charge in [-0.05, 0) is 57.8 Å². The van der Waals surface area contributed by atoms with Gasteiger partial charge in [0.1, 0.15) is 13.2 Å². The molecular formula is C62H114O6. The first kappa shape index (κ1) is 65.6. The Balaban J connectivity index is 4.28. The van der Waals surface area contributed by atoms with Gasteiger partial charge in [0.15, 0.2) is 6.10 Å². The molecule has 6 nitrogen and oxygen atoms in total. The molecule has 0 radical (unpaired) electrons. The molecule has 0 saturated carbocycles. The van der Waals surface area contributed by atoms with Gasteiger partial charge in [0.2, 0.25) is 0 Å². The van der Waals surface area contributed by atoms with Crippen LogP contribution in [0.15, 0.2) is 36.5 Å². The third-order valence-corrected chi connectivity index (χ3v) is 13.4. The van der Waals surface area contributed by atoms with Crippen LogP contribution in [0.2, 0.25) is 0 Å². The fraction of sp³-hybridized carbons (Fsp3) is 0.855. The molecule has 0 fully saturated rings. The van der Waals surface area contributed by atoms with Crippen LogP contribution in [-0.4, -0.2) is 37.2 Å². The molecule has 0 bridgehead atoms. The summed E-state index contributed by atoms with van der Waals surface area (Å²) in [6.45, 7) is 6.66. The molecule has 6 heteroatoms. The van der Waals surface area contributed by atoms with Gasteiger partial charge in [0.05, 0.1) is 0 Å². The van der Waals surface area contributed by atoms with Crippen LogP contribution in [0, 0.1) is 0 Å². The molecule has 0 aliphatic heterocycles. The molecule has 0 aliphatic carbocycles. The highest BCUT2D eigenvalue weighted by Crippen LogP contribution is 2.17. The smallest absolute Gasteiger partial charge is 0.306 e. The van der Waals surface area contributed by atoms with E-state index < -0.39 is 6.10 Å². The van der Waals surface area contributed by atoms with E-state index in [1.807, 2.05) is 0 Å². The van der Waals surface area contributed by atoms with Crippen molar-refractivity contribution in [3.63, 3.8) is 0 Å². The van der Waals surface area contributed by atoms with Gasteiger partial charge in [-0.1, -0.05) is 282 Å². The molecule has 0 aromatic heterocycles. The van der Waals surface area contributed by atoms with Gasteiger partial charge >= 0.3 is 17.9 Å². The normalized spacial score (nSPS) is 12.2. The summed E-state index contributed by atoms with van der Waals surface area (Å²) < 4.78 is 16.9. The maximum absolute atomic E-state index is 12.8. The van der Waals surface area contributed by atoms with Crippen LogP contribution in [0.1, 0.15) is 323 Å².